The van der Waals surface area contributed by atoms with Gasteiger partial charge in [-0.2, -0.15) is 0 Å². The number of guanidine groups is 1. The lowest BCUT2D eigenvalue weighted by Gasteiger charge is -2.30. The van der Waals surface area contributed by atoms with Crippen LogP contribution in [0.5, 0.6) is 5.75 Å². The molecule has 6 nitrogen and oxygen atoms in total. The van der Waals surface area contributed by atoms with Crippen LogP contribution in [-0.2, 0) is 12.2 Å². The highest BCUT2D eigenvalue weighted by molar-refractivity contribution is 5.81. The van der Waals surface area contributed by atoms with Gasteiger partial charge >= 0.3 is 0 Å². The zero-order chi connectivity index (χ0) is 19.4. The summed E-state index contributed by atoms with van der Waals surface area (Å²) in [6.45, 7) is 3.60. The van der Waals surface area contributed by atoms with E-state index < -0.39 is 5.66 Å². The molecule has 1 aliphatic heterocycles. The number of likely N-dealkylation sites (N-methyl/N-ethyl adjacent to an activating group) is 1. The number of benzene rings is 2. The number of hydrogen-bond donors (Lipinski definition) is 3. The van der Waals surface area contributed by atoms with Gasteiger partial charge in [0.1, 0.15) is 5.75 Å². The number of nitrogens with one attached hydrogen (secondary N) is 1. The van der Waals surface area contributed by atoms with E-state index in [-0.39, 0.29) is 0 Å². The second-order valence-corrected chi connectivity index (χ2v) is 7.01. The van der Waals surface area contributed by atoms with Crippen molar-refractivity contribution in [3.8, 4) is 5.75 Å². The van der Waals surface area contributed by atoms with E-state index in [1.165, 1.54) is 11.1 Å². The van der Waals surface area contributed by atoms with Gasteiger partial charge in [0, 0.05) is 24.4 Å². The predicted octanol–water partition coefficient (Wildman–Crippen LogP) is 2.05. The molecule has 6 heteroatoms. The van der Waals surface area contributed by atoms with Crippen LogP contribution in [0.25, 0.3) is 0 Å². The summed E-state index contributed by atoms with van der Waals surface area (Å²) in [4.78, 5) is 6.63. The van der Waals surface area contributed by atoms with Gasteiger partial charge in [0.05, 0.1) is 7.11 Å². The molecule has 0 saturated heterocycles. The van der Waals surface area contributed by atoms with Crippen molar-refractivity contribution < 1.29 is 4.74 Å². The lowest BCUT2D eigenvalue weighted by Crippen LogP contribution is -2.46. The fourth-order valence-corrected chi connectivity index (χ4v) is 3.30. The van der Waals surface area contributed by atoms with E-state index in [1.54, 1.807) is 7.11 Å². The molecule has 1 heterocycles. The number of methoxy groups -OCH3 is 1. The Morgan fingerprint density at radius 3 is 2.67 bits per heavy atom. The van der Waals surface area contributed by atoms with E-state index in [0.717, 1.165) is 23.6 Å². The largest absolute Gasteiger partial charge is 0.497 e. The third kappa shape index (κ3) is 4.67. The number of ether oxygens (including phenoxy) is 1. The van der Waals surface area contributed by atoms with Crippen LogP contribution in [0, 0.1) is 6.92 Å². The predicted molar refractivity (Wildman–Crippen MR) is 109 cm³/mol. The highest BCUT2D eigenvalue weighted by Crippen LogP contribution is 2.28. The second-order valence-electron chi connectivity index (χ2n) is 7.01. The number of nitrogens with zero attached hydrogens (tertiary/aromatic N) is 2. The number of hydrogen-bond acceptors (Lipinski definition) is 6. The molecule has 0 aliphatic carbocycles. The SMILES string of the molecule is COc1cccc(C2(N)C=C(CN(C)Cc3cccc(C)c3)NC(N)=N2)c1. The summed E-state index contributed by atoms with van der Waals surface area (Å²) >= 11 is 0. The quantitative estimate of drug-likeness (QED) is 0.729. The summed E-state index contributed by atoms with van der Waals surface area (Å²) in [6, 6.07) is 16.1. The van der Waals surface area contributed by atoms with Gasteiger partial charge in [-0.25, -0.2) is 4.99 Å². The molecule has 27 heavy (non-hydrogen) atoms. The van der Waals surface area contributed by atoms with Crippen molar-refractivity contribution in [3.05, 3.63) is 77.0 Å². The van der Waals surface area contributed by atoms with E-state index in [4.69, 9.17) is 16.2 Å². The lowest BCUT2D eigenvalue weighted by atomic mass is 9.98. The Hall–Kier alpha value is -2.83. The first-order valence-electron chi connectivity index (χ1n) is 8.89. The number of nitrogens with two attached hydrogens (primary N) is 2. The fraction of sp³-hybridized carbons (Fsp3) is 0.286. The molecule has 1 unspecified atom stereocenters. The van der Waals surface area contributed by atoms with Gasteiger partial charge in [0.15, 0.2) is 11.6 Å². The molecule has 0 bridgehead atoms. The van der Waals surface area contributed by atoms with Gasteiger partial charge in [0.2, 0.25) is 0 Å². The van der Waals surface area contributed by atoms with E-state index in [2.05, 4.69) is 53.4 Å². The van der Waals surface area contributed by atoms with Crippen LogP contribution in [0.15, 0.2) is 65.3 Å². The molecule has 2 aromatic carbocycles. The zero-order valence-corrected chi connectivity index (χ0v) is 16.1. The third-order valence-electron chi connectivity index (χ3n) is 4.50. The topological polar surface area (TPSA) is 88.9 Å². The first-order valence-corrected chi connectivity index (χ1v) is 8.89. The Labute approximate surface area is 160 Å². The Bertz CT molecular complexity index is 876. The van der Waals surface area contributed by atoms with Crippen LogP contribution in [0.3, 0.4) is 0 Å². The van der Waals surface area contributed by atoms with Crippen LogP contribution in [0.1, 0.15) is 16.7 Å². The number of rotatable bonds is 6. The normalized spacial score (nSPS) is 19.3. The zero-order valence-electron chi connectivity index (χ0n) is 16.1. The van der Waals surface area contributed by atoms with E-state index in [0.29, 0.717) is 12.5 Å². The maximum Gasteiger partial charge on any atom is 0.195 e. The molecule has 0 aromatic heterocycles. The van der Waals surface area contributed by atoms with Gasteiger partial charge in [-0.3, -0.25) is 10.6 Å². The second kappa shape index (κ2) is 7.82. The van der Waals surface area contributed by atoms with Crippen molar-refractivity contribution in [2.75, 3.05) is 20.7 Å². The molecular weight excluding hydrogens is 338 g/mol. The molecule has 0 fully saturated rings. The Morgan fingerprint density at radius 2 is 1.93 bits per heavy atom. The van der Waals surface area contributed by atoms with Crippen molar-refractivity contribution in [3.63, 3.8) is 0 Å². The minimum Gasteiger partial charge on any atom is -0.497 e. The number of aliphatic imine (C=N–C) groups is 1. The van der Waals surface area contributed by atoms with Crippen LogP contribution in [0.2, 0.25) is 0 Å². The summed E-state index contributed by atoms with van der Waals surface area (Å²) in [6.07, 6.45) is 1.92. The third-order valence-corrected chi connectivity index (χ3v) is 4.50. The van der Waals surface area contributed by atoms with Crippen molar-refractivity contribution in [1.82, 2.24) is 10.2 Å². The molecule has 142 valence electrons. The summed E-state index contributed by atoms with van der Waals surface area (Å²) in [5.74, 6) is 1.04. The molecular formula is C21H27N5O. The molecule has 3 rings (SSSR count). The van der Waals surface area contributed by atoms with Crippen molar-refractivity contribution in [2.45, 2.75) is 19.1 Å². The van der Waals surface area contributed by atoms with Gasteiger partial charge in [-0.1, -0.05) is 42.0 Å². The first-order chi connectivity index (χ1) is 12.9. The Kier molecular flexibility index (Phi) is 5.48. The van der Waals surface area contributed by atoms with Gasteiger partial charge in [0.25, 0.3) is 0 Å². The molecule has 1 aliphatic rings. The maximum absolute atomic E-state index is 6.57. The van der Waals surface area contributed by atoms with E-state index >= 15 is 0 Å². The minimum atomic E-state index is -1.02. The summed E-state index contributed by atoms with van der Waals surface area (Å²) in [7, 11) is 3.69. The molecule has 0 saturated carbocycles. The molecule has 0 radical (unpaired) electrons. The Morgan fingerprint density at radius 1 is 1.15 bits per heavy atom. The fourth-order valence-electron chi connectivity index (χ4n) is 3.30. The van der Waals surface area contributed by atoms with Crippen LogP contribution in [-0.4, -0.2) is 31.6 Å². The molecule has 0 spiro atoms. The average Bonchev–Trinajstić information content (AvgIpc) is 2.61. The average molecular weight is 365 g/mol. The standard InChI is InChI=1S/C21H27N5O/c1-15-6-4-7-16(10-15)13-26(2)14-18-12-21(23,25-20(22)24-18)17-8-5-9-19(11-17)27-3/h4-12H,13-14,23H2,1-3H3,(H3,22,24,25). The molecule has 5 N–H and O–H groups in total. The highest BCUT2D eigenvalue weighted by Gasteiger charge is 2.29. The van der Waals surface area contributed by atoms with Gasteiger partial charge < -0.3 is 15.8 Å². The van der Waals surface area contributed by atoms with Crippen molar-refractivity contribution in [2.24, 2.45) is 16.5 Å². The van der Waals surface area contributed by atoms with Crippen molar-refractivity contribution >= 4 is 5.96 Å². The van der Waals surface area contributed by atoms with Crippen molar-refractivity contribution in [1.29, 1.82) is 0 Å². The lowest BCUT2D eigenvalue weighted by molar-refractivity contribution is 0.347. The first kappa shape index (κ1) is 18.9. The van der Waals surface area contributed by atoms with Crippen LogP contribution >= 0.6 is 0 Å². The van der Waals surface area contributed by atoms with E-state index in [9.17, 15) is 0 Å². The van der Waals surface area contributed by atoms with Crippen LogP contribution < -0.4 is 21.5 Å². The monoisotopic (exact) mass is 365 g/mol. The van der Waals surface area contributed by atoms with Gasteiger partial charge in [-0.15, -0.1) is 0 Å². The molecule has 1 atom stereocenters. The Balaban J connectivity index is 1.78. The summed E-state index contributed by atoms with van der Waals surface area (Å²) < 4.78 is 5.31. The number of aryl methyl sites for hydroxylation is 1. The minimum absolute atomic E-state index is 0.307. The van der Waals surface area contributed by atoms with Crippen LogP contribution in [0.4, 0.5) is 0 Å². The highest BCUT2D eigenvalue weighted by atomic mass is 16.5. The summed E-state index contributed by atoms with van der Waals surface area (Å²) in [5, 5.41) is 3.13. The molecule has 2 aromatic rings. The van der Waals surface area contributed by atoms with Gasteiger partial charge in [-0.05, 0) is 37.7 Å². The van der Waals surface area contributed by atoms with E-state index in [1.807, 2.05) is 30.3 Å². The molecule has 0 amide bonds. The smallest absolute Gasteiger partial charge is 0.195 e. The summed E-state index contributed by atoms with van der Waals surface area (Å²) in [5.41, 5.74) is 15.8. The maximum atomic E-state index is 6.57.